The molecule has 9 heteroatoms. The highest BCUT2D eigenvalue weighted by atomic mass is 32.1. The van der Waals surface area contributed by atoms with Crippen molar-refractivity contribution in [1.29, 1.82) is 0 Å². The number of piperidine rings is 1. The summed E-state index contributed by atoms with van der Waals surface area (Å²) in [5, 5.41) is 5.24. The number of pyridine rings is 1. The highest BCUT2D eigenvalue weighted by Gasteiger charge is 2.27. The van der Waals surface area contributed by atoms with Gasteiger partial charge in [-0.2, -0.15) is 0 Å². The van der Waals surface area contributed by atoms with Gasteiger partial charge in [-0.1, -0.05) is 6.92 Å². The average Bonchev–Trinajstić information content (AvgIpc) is 3.38. The van der Waals surface area contributed by atoms with Crippen molar-refractivity contribution in [3.8, 4) is 16.5 Å². The van der Waals surface area contributed by atoms with Crippen molar-refractivity contribution in [1.82, 2.24) is 29.5 Å². The van der Waals surface area contributed by atoms with Gasteiger partial charge in [-0.15, -0.1) is 5.10 Å². The minimum atomic E-state index is 0.0982. The van der Waals surface area contributed by atoms with Gasteiger partial charge in [0.1, 0.15) is 6.10 Å². The Kier molecular flexibility index (Phi) is 5.50. The largest absolute Gasteiger partial charge is 0.466 e. The molecule has 1 atom stereocenters. The van der Waals surface area contributed by atoms with Crippen LogP contribution in [0.5, 0.6) is 5.19 Å². The van der Waals surface area contributed by atoms with Crippen LogP contribution < -0.4 is 9.64 Å². The first-order valence-electron chi connectivity index (χ1n) is 10.7. The monoisotopic (exact) mass is 435 g/mol. The summed E-state index contributed by atoms with van der Waals surface area (Å²) in [7, 11) is 0. The zero-order chi connectivity index (χ0) is 21.2. The summed E-state index contributed by atoms with van der Waals surface area (Å²) in [5.74, 6) is 1.31. The first-order valence-corrected chi connectivity index (χ1v) is 11.5. The lowest BCUT2D eigenvalue weighted by molar-refractivity contribution is 0.131. The molecule has 0 saturated carbocycles. The molecular formula is C22H25N7OS. The fourth-order valence-electron chi connectivity index (χ4n) is 3.91. The lowest BCUT2D eigenvalue weighted by Gasteiger charge is -2.34. The van der Waals surface area contributed by atoms with Crippen LogP contribution in [0.2, 0.25) is 0 Å². The Bertz CT molecular complexity index is 1100. The van der Waals surface area contributed by atoms with Crippen LogP contribution in [0, 0.1) is 5.92 Å². The minimum absolute atomic E-state index is 0.0982. The molecule has 4 aromatic rings. The number of imidazole rings is 1. The highest BCUT2D eigenvalue weighted by molar-refractivity contribution is 7.18. The molecule has 0 aliphatic carbocycles. The highest BCUT2D eigenvalue weighted by Crippen LogP contribution is 2.29. The van der Waals surface area contributed by atoms with Crippen LogP contribution >= 0.6 is 11.3 Å². The number of rotatable bonds is 6. The van der Waals surface area contributed by atoms with Gasteiger partial charge in [0.05, 0.1) is 11.9 Å². The lowest BCUT2D eigenvalue weighted by atomic mass is 9.92. The van der Waals surface area contributed by atoms with E-state index >= 15 is 0 Å². The van der Waals surface area contributed by atoms with Gasteiger partial charge < -0.3 is 9.64 Å². The van der Waals surface area contributed by atoms with E-state index in [-0.39, 0.29) is 6.10 Å². The van der Waals surface area contributed by atoms with Gasteiger partial charge in [0, 0.05) is 43.4 Å². The number of hydrogen-bond donors (Lipinski definition) is 0. The molecule has 1 saturated heterocycles. The third kappa shape index (κ3) is 4.23. The van der Waals surface area contributed by atoms with E-state index < -0.39 is 0 Å². The van der Waals surface area contributed by atoms with E-state index in [1.165, 1.54) is 16.9 Å². The molecule has 1 fully saturated rings. The van der Waals surface area contributed by atoms with Gasteiger partial charge in [-0.3, -0.25) is 4.98 Å². The lowest BCUT2D eigenvalue weighted by Crippen LogP contribution is -2.39. The van der Waals surface area contributed by atoms with Crippen LogP contribution in [0.15, 0.2) is 43.1 Å². The summed E-state index contributed by atoms with van der Waals surface area (Å²) in [6, 6.07) is 3.89. The van der Waals surface area contributed by atoms with Gasteiger partial charge in [-0.05, 0) is 61.1 Å². The minimum Gasteiger partial charge on any atom is -0.466 e. The maximum Gasteiger partial charge on any atom is 0.294 e. The van der Waals surface area contributed by atoms with Crippen LogP contribution in [0.4, 0.5) is 5.95 Å². The molecule has 0 N–H and O–H groups in total. The number of hydrogen-bond acceptors (Lipinski definition) is 8. The molecule has 31 heavy (non-hydrogen) atoms. The van der Waals surface area contributed by atoms with Crippen molar-refractivity contribution in [2.75, 3.05) is 18.0 Å². The predicted molar refractivity (Wildman–Crippen MR) is 121 cm³/mol. The first kappa shape index (κ1) is 19.9. The van der Waals surface area contributed by atoms with Crippen molar-refractivity contribution in [3.63, 3.8) is 0 Å². The molecular weight excluding hydrogens is 410 g/mol. The topological polar surface area (TPSA) is 81.3 Å². The predicted octanol–water partition coefficient (Wildman–Crippen LogP) is 3.89. The summed E-state index contributed by atoms with van der Waals surface area (Å²) >= 11 is 1.48. The summed E-state index contributed by atoms with van der Waals surface area (Å²) in [4.78, 5) is 20.9. The van der Waals surface area contributed by atoms with Crippen molar-refractivity contribution >= 4 is 22.2 Å². The van der Waals surface area contributed by atoms with Gasteiger partial charge in [0.25, 0.3) is 5.19 Å². The van der Waals surface area contributed by atoms with Crippen molar-refractivity contribution < 1.29 is 4.74 Å². The van der Waals surface area contributed by atoms with Crippen LogP contribution in [-0.4, -0.2) is 48.7 Å². The molecule has 0 radical (unpaired) electrons. The van der Waals surface area contributed by atoms with E-state index in [4.69, 9.17) is 4.74 Å². The SMILES string of the molecule is CCc1cnc(N2CCC(C(C)Oc3nn4cc(-c5ccncc5)nc4s3)CC2)nc1. The summed E-state index contributed by atoms with van der Waals surface area (Å²) in [5.41, 5.74) is 3.09. The number of fused-ring (bicyclic) bond motifs is 1. The van der Waals surface area contributed by atoms with E-state index in [0.717, 1.165) is 54.5 Å². The van der Waals surface area contributed by atoms with E-state index in [9.17, 15) is 0 Å². The van der Waals surface area contributed by atoms with Gasteiger partial charge in [0.2, 0.25) is 10.9 Å². The molecule has 0 amide bonds. The quantitative estimate of drug-likeness (QED) is 0.454. The van der Waals surface area contributed by atoms with E-state index in [2.05, 4.69) is 43.8 Å². The smallest absolute Gasteiger partial charge is 0.294 e. The van der Waals surface area contributed by atoms with Gasteiger partial charge in [0.15, 0.2) is 0 Å². The van der Waals surface area contributed by atoms with Crippen molar-refractivity contribution in [2.24, 2.45) is 5.92 Å². The second kappa shape index (κ2) is 8.58. The summed E-state index contributed by atoms with van der Waals surface area (Å²) < 4.78 is 7.99. The molecule has 0 bridgehead atoms. The average molecular weight is 436 g/mol. The number of ether oxygens (including phenoxy) is 1. The van der Waals surface area contributed by atoms with Crippen molar-refractivity contribution in [3.05, 3.63) is 48.7 Å². The molecule has 5 heterocycles. The molecule has 4 aromatic heterocycles. The summed E-state index contributed by atoms with van der Waals surface area (Å²) in [6.45, 7) is 6.14. The number of anilines is 1. The van der Waals surface area contributed by atoms with Gasteiger partial charge in [-0.25, -0.2) is 19.5 Å². The maximum atomic E-state index is 6.20. The molecule has 5 rings (SSSR count). The second-order valence-electron chi connectivity index (χ2n) is 7.85. The Labute approximate surface area is 185 Å². The Morgan fingerprint density at radius 3 is 2.58 bits per heavy atom. The standard InChI is InChI=1S/C22H25N7OS/c1-3-16-12-24-20(25-13-16)28-10-6-17(7-11-28)15(2)30-22-27-29-14-19(26-21(29)31-22)18-4-8-23-9-5-18/h4-5,8-9,12-15,17H,3,6-7,10-11H2,1-2H3. The number of aryl methyl sites for hydroxylation is 1. The molecule has 8 nitrogen and oxygen atoms in total. The first-order chi connectivity index (χ1) is 15.2. The molecule has 1 aliphatic heterocycles. The fourth-order valence-corrected chi connectivity index (χ4v) is 4.73. The van der Waals surface area contributed by atoms with Crippen molar-refractivity contribution in [2.45, 2.75) is 39.2 Å². The zero-order valence-corrected chi connectivity index (χ0v) is 18.5. The Balaban J connectivity index is 1.19. The molecule has 1 unspecified atom stereocenters. The number of nitrogens with zero attached hydrogens (tertiary/aromatic N) is 7. The Morgan fingerprint density at radius 2 is 1.90 bits per heavy atom. The fraction of sp³-hybridized carbons (Fsp3) is 0.409. The summed E-state index contributed by atoms with van der Waals surface area (Å²) in [6.07, 6.45) is 12.5. The molecule has 0 aromatic carbocycles. The van der Waals surface area contributed by atoms with Crippen LogP contribution in [0.25, 0.3) is 16.2 Å². The van der Waals surface area contributed by atoms with Crippen LogP contribution in [-0.2, 0) is 6.42 Å². The zero-order valence-electron chi connectivity index (χ0n) is 17.7. The molecule has 0 spiro atoms. The Hall–Kier alpha value is -3.07. The van der Waals surface area contributed by atoms with E-state index in [0.29, 0.717) is 11.1 Å². The Morgan fingerprint density at radius 1 is 1.16 bits per heavy atom. The third-order valence-corrected chi connectivity index (χ3v) is 6.69. The maximum absolute atomic E-state index is 6.20. The van der Waals surface area contributed by atoms with E-state index in [1.54, 1.807) is 16.9 Å². The second-order valence-corrected chi connectivity index (χ2v) is 8.77. The molecule has 1 aliphatic rings. The normalized spacial score (nSPS) is 16.0. The van der Waals surface area contributed by atoms with Crippen LogP contribution in [0.3, 0.4) is 0 Å². The molecule has 160 valence electrons. The van der Waals surface area contributed by atoms with Crippen LogP contribution in [0.1, 0.15) is 32.3 Å². The van der Waals surface area contributed by atoms with Gasteiger partial charge >= 0.3 is 0 Å². The number of aromatic nitrogens is 6. The third-order valence-electron chi connectivity index (χ3n) is 5.87. The van der Waals surface area contributed by atoms with E-state index in [1.807, 2.05) is 30.7 Å².